The van der Waals surface area contributed by atoms with Gasteiger partial charge in [-0.1, -0.05) is 29.8 Å². The zero-order chi connectivity index (χ0) is 23.5. The van der Waals surface area contributed by atoms with Gasteiger partial charge < -0.3 is 30.2 Å². The van der Waals surface area contributed by atoms with Crippen LogP contribution >= 0.6 is 11.6 Å². The van der Waals surface area contributed by atoms with Gasteiger partial charge >= 0.3 is 5.97 Å². The van der Waals surface area contributed by atoms with E-state index in [0.717, 1.165) is 11.3 Å². The molecular formula is C23H22ClN3O6. The SMILES string of the molecule is O=C(O)CNC(=O)c1c(O)c2cc(N3CCOCC3)cc(Cc3ccccc3Cl)c2[nH]c1=O. The van der Waals surface area contributed by atoms with Crippen LogP contribution in [0.4, 0.5) is 5.69 Å². The predicted octanol–water partition coefficient (Wildman–Crippen LogP) is 2.13. The molecule has 4 rings (SSSR count). The number of morpholine rings is 1. The molecule has 4 N–H and O–H groups in total. The number of anilines is 1. The number of carboxylic acids is 1. The summed E-state index contributed by atoms with van der Waals surface area (Å²) in [4.78, 5) is 40.7. The molecule has 0 atom stereocenters. The van der Waals surface area contributed by atoms with E-state index in [9.17, 15) is 19.5 Å². The fourth-order valence-corrected chi connectivity index (χ4v) is 4.09. The monoisotopic (exact) mass is 471 g/mol. The number of nitrogens with one attached hydrogen (secondary N) is 2. The number of benzene rings is 2. The molecule has 1 aliphatic heterocycles. The fraction of sp³-hybridized carbons (Fsp3) is 0.261. The molecule has 0 saturated carbocycles. The number of carbonyl (C=O) groups excluding carboxylic acids is 1. The van der Waals surface area contributed by atoms with E-state index in [-0.39, 0.29) is 5.39 Å². The molecule has 0 spiro atoms. The third kappa shape index (κ3) is 4.79. The number of aromatic hydroxyl groups is 1. The Kier molecular flexibility index (Phi) is 6.52. The summed E-state index contributed by atoms with van der Waals surface area (Å²) in [6.45, 7) is 1.72. The number of pyridine rings is 1. The van der Waals surface area contributed by atoms with Gasteiger partial charge in [0.25, 0.3) is 11.5 Å². The van der Waals surface area contributed by atoms with Crippen molar-refractivity contribution < 1.29 is 24.5 Å². The largest absolute Gasteiger partial charge is 0.506 e. The Hall–Kier alpha value is -3.56. The van der Waals surface area contributed by atoms with Crippen LogP contribution in [0.3, 0.4) is 0 Å². The number of rotatable bonds is 6. The molecule has 10 heteroatoms. The number of aliphatic carboxylic acids is 1. The van der Waals surface area contributed by atoms with Gasteiger partial charge in [0.2, 0.25) is 0 Å². The summed E-state index contributed by atoms with van der Waals surface area (Å²) in [6, 6.07) is 11.0. The first-order valence-electron chi connectivity index (χ1n) is 10.3. The van der Waals surface area contributed by atoms with Crippen molar-refractivity contribution in [3.63, 3.8) is 0 Å². The summed E-state index contributed by atoms with van der Waals surface area (Å²) in [5.74, 6) is -2.74. The molecule has 1 saturated heterocycles. The third-order valence-electron chi connectivity index (χ3n) is 5.50. The minimum absolute atomic E-state index is 0.279. The summed E-state index contributed by atoms with van der Waals surface area (Å²) in [7, 11) is 0. The molecule has 1 aromatic heterocycles. The zero-order valence-electron chi connectivity index (χ0n) is 17.6. The Bertz CT molecular complexity index is 1280. The van der Waals surface area contributed by atoms with Crippen LogP contribution in [0, 0.1) is 0 Å². The number of nitrogens with zero attached hydrogens (tertiary/aromatic N) is 1. The van der Waals surface area contributed by atoms with E-state index in [2.05, 4.69) is 15.2 Å². The number of aromatic nitrogens is 1. The smallest absolute Gasteiger partial charge is 0.322 e. The Morgan fingerprint density at radius 1 is 1.15 bits per heavy atom. The van der Waals surface area contributed by atoms with E-state index >= 15 is 0 Å². The molecule has 0 bridgehead atoms. The standard InChI is InChI=1S/C23H22ClN3O6/c24-17-4-2-1-3-13(17)9-14-10-15(27-5-7-33-8-6-27)11-16-20(14)26-23(32)19(21(16)30)22(31)25-12-18(28)29/h1-4,10-11H,5-9,12H2,(H,25,31)(H,28,29)(H2,26,30,32). The first-order valence-corrected chi connectivity index (χ1v) is 10.7. The van der Waals surface area contributed by atoms with Crippen molar-refractivity contribution in [1.82, 2.24) is 10.3 Å². The third-order valence-corrected chi connectivity index (χ3v) is 5.87. The van der Waals surface area contributed by atoms with Crippen LogP contribution in [0.15, 0.2) is 41.2 Å². The van der Waals surface area contributed by atoms with Gasteiger partial charge in [0, 0.05) is 35.6 Å². The zero-order valence-corrected chi connectivity index (χ0v) is 18.3. The van der Waals surface area contributed by atoms with Crippen molar-refractivity contribution >= 4 is 40.1 Å². The summed E-state index contributed by atoms with van der Waals surface area (Å²) in [6.07, 6.45) is 0.383. The van der Waals surface area contributed by atoms with Gasteiger partial charge in [0.15, 0.2) is 0 Å². The average Bonchev–Trinajstić information content (AvgIpc) is 2.80. The highest BCUT2D eigenvalue weighted by molar-refractivity contribution is 6.31. The van der Waals surface area contributed by atoms with Crippen molar-refractivity contribution in [2.45, 2.75) is 6.42 Å². The van der Waals surface area contributed by atoms with Crippen LogP contribution in [0.5, 0.6) is 5.75 Å². The predicted molar refractivity (Wildman–Crippen MR) is 123 cm³/mol. The van der Waals surface area contributed by atoms with Crippen LogP contribution in [0.1, 0.15) is 21.5 Å². The molecule has 172 valence electrons. The molecule has 1 amide bonds. The van der Waals surface area contributed by atoms with Crippen LogP contribution in [-0.4, -0.2) is 59.9 Å². The summed E-state index contributed by atoms with van der Waals surface area (Å²) in [5.41, 5.74) is 1.38. The molecule has 2 aromatic carbocycles. The van der Waals surface area contributed by atoms with Gasteiger partial charge in [-0.05, 0) is 29.3 Å². The number of fused-ring (bicyclic) bond motifs is 1. The van der Waals surface area contributed by atoms with Crippen LogP contribution in [-0.2, 0) is 16.0 Å². The lowest BCUT2D eigenvalue weighted by Gasteiger charge is -2.29. The normalized spacial score (nSPS) is 13.8. The molecule has 33 heavy (non-hydrogen) atoms. The molecule has 0 radical (unpaired) electrons. The van der Waals surface area contributed by atoms with Gasteiger partial charge in [0.1, 0.15) is 17.9 Å². The summed E-state index contributed by atoms with van der Waals surface area (Å²) >= 11 is 6.35. The summed E-state index contributed by atoms with van der Waals surface area (Å²) < 4.78 is 5.43. The Balaban J connectivity index is 1.87. The topological polar surface area (TPSA) is 132 Å². The highest BCUT2D eigenvalue weighted by Gasteiger charge is 2.23. The molecule has 1 fully saturated rings. The first kappa shape index (κ1) is 22.6. The van der Waals surface area contributed by atoms with Crippen molar-refractivity contribution in [2.75, 3.05) is 37.7 Å². The van der Waals surface area contributed by atoms with E-state index in [0.29, 0.717) is 48.8 Å². The maximum Gasteiger partial charge on any atom is 0.322 e. The van der Waals surface area contributed by atoms with Gasteiger partial charge in [0.05, 0.1) is 18.7 Å². The number of halogens is 1. The molecule has 9 nitrogen and oxygen atoms in total. The van der Waals surface area contributed by atoms with Crippen molar-refractivity contribution in [3.05, 3.63) is 68.5 Å². The quantitative estimate of drug-likeness (QED) is 0.433. The minimum atomic E-state index is -1.27. The van der Waals surface area contributed by atoms with Gasteiger partial charge in [-0.3, -0.25) is 14.4 Å². The number of hydrogen-bond donors (Lipinski definition) is 4. The van der Waals surface area contributed by atoms with E-state index < -0.39 is 35.3 Å². The van der Waals surface area contributed by atoms with Gasteiger partial charge in [-0.2, -0.15) is 0 Å². The lowest BCUT2D eigenvalue weighted by Crippen LogP contribution is -2.36. The second kappa shape index (κ2) is 9.51. The lowest BCUT2D eigenvalue weighted by atomic mass is 9.98. The van der Waals surface area contributed by atoms with Gasteiger partial charge in [-0.25, -0.2) is 0 Å². The highest BCUT2D eigenvalue weighted by atomic mass is 35.5. The fourth-order valence-electron chi connectivity index (χ4n) is 3.88. The minimum Gasteiger partial charge on any atom is -0.506 e. The molecule has 1 aliphatic rings. The Morgan fingerprint density at radius 2 is 1.88 bits per heavy atom. The maximum atomic E-state index is 12.7. The van der Waals surface area contributed by atoms with Gasteiger partial charge in [-0.15, -0.1) is 0 Å². The molecule has 3 aromatic rings. The van der Waals surface area contributed by atoms with Crippen LogP contribution in [0.2, 0.25) is 5.02 Å². The second-order valence-electron chi connectivity index (χ2n) is 7.65. The number of amides is 1. The van der Waals surface area contributed by atoms with Crippen molar-refractivity contribution in [3.8, 4) is 5.75 Å². The van der Waals surface area contributed by atoms with Crippen LogP contribution in [0.25, 0.3) is 10.9 Å². The van der Waals surface area contributed by atoms with Crippen molar-refractivity contribution in [2.24, 2.45) is 0 Å². The molecule has 0 unspecified atom stereocenters. The van der Waals surface area contributed by atoms with Crippen LogP contribution < -0.4 is 15.8 Å². The molecule has 0 aliphatic carbocycles. The first-order chi connectivity index (χ1) is 15.8. The van der Waals surface area contributed by atoms with E-state index in [1.165, 1.54) is 0 Å². The average molecular weight is 472 g/mol. The number of hydrogen-bond acceptors (Lipinski definition) is 6. The number of carboxylic acid groups (broad SMARTS) is 1. The number of H-pyrrole nitrogens is 1. The Labute approximate surface area is 193 Å². The second-order valence-corrected chi connectivity index (χ2v) is 8.06. The number of ether oxygens (including phenoxy) is 1. The Morgan fingerprint density at radius 3 is 2.58 bits per heavy atom. The van der Waals surface area contributed by atoms with E-state index in [1.54, 1.807) is 12.1 Å². The number of aromatic amines is 1. The summed E-state index contributed by atoms with van der Waals surface area (Å²) in [5, 5.41) is 22.7. The molecule has 2 heterocycles. The van der Waals surface area contributed by atoms with E-state index in [4.69, 9.17) is 21.4 Å². The molecular weight excluding hydrogens is 450 g/mol. The lowest BCUT2D eigenvalue weighted by molar-refractivity contribution is -0.135. The van der Waals surface area contributed by atoms with Crippen molar-refractivity contribution in [1.29, 1.82) is 0 Å². The number of carbonyl (C=O) groups is 2. The maximum absolute atomic E-state index is 12.7. The highest BCUT2D eigenvalue weighted by Crippen LogP contribution is 2.34. The van der Waals surface area contributed by atoms with E-state index in [1.807, 2.05) is 24.3 Å².